The van der Waals surface area contributed by atoms with Crippen LogP contribution in [0.3, 0.4) is 0 Å². The van der Waals surface area contributed by atoms with Gasteiger partial charge >= 0.3 is 0 Å². The number of likely N-dealkylation sites (tertiary alicyclic amines) is 1. The van der Waals surface area contributed by atoms with Crippen molar-refractivity contribution in [3.63, 3.8) is 0 Å². The lowest BCUT2D eigenvalue weighted by molar-refractivity contribution is -0.134. The molecule has 1 aliphatic carbocycles. The van der Waals surface area contributed by atoms with Gasteiger partial charge in [-0.3, -0.25) is 9.48 Å². The number of nitrogens with zero attached hydrogens (tertiary/aromatic N) is 5. The van der Waals surface area contributed by atoms with Crippen molar-refractivity contribution in [3.05, 3.63) is 24.7 Å². The molecule has 2 fully saturated rings. The Bertz CT molecular complexity index is 935. The molecule has 1 saturated heterocycles. The van der Waals surface area contributed by atoms with Crippen molar-refractivity contribution >= 4 is 27.8 Å². The Hall–Kier alpha value is -2.88. The number of rotatable bonds is 2. The monoisotopic (exact) mass is 336 g/mol. The molecule has 7 nitrogen and oxygen atoms in total. The Morgan fingerprint density at radius 3 is 2.92 bits per heavy atom. The highest BCUT2D eigenvalue weighted by Gasteiger charge is 2.36. The van der Waals surface area contributed by atoms with Gasteiger partial charge in [-0.15, -0.1) is 0 Å². The molecule has 0 radical (unpaired) electrons. The van der Waals surface area contributed by atoms with Crippen LogP contribution in [0.5, 0.6) is 0 Å². The Morgan fingerprint density at radius 2 is 2.12 bits per heavy atom. The largest absolute Gasteiger partial charge is 0.346 e. The van der Waals surface area contributed by atoms with Crippen LogP contribution in [-0.4, -0.2) is 43.6 Å². The van der Waals surface area contributed by atoms with E-state index in [0.717, 1.165) is 60.7 Å². The summed E-state index contributed by atoms with van der Waals surface area (Å²) >= 11 is 0. The zero-order valence-corrected chi connectivity index (χ0v) is 13.9. The standard InChI is InChI=1S/C17H19N5O.CHN/c23-17(11-3-4-11)21-7-1-2-13(10-21)22-15-12(9-20-22)8-19-16-14(15)5-6-18-16;1-2/h5-6,8-9,11,13H,1-4,7,10H2,(H,18,19);1H/t13-;/m1./s1. The minimum Gasteiger partial charge on any atom is -0.346 e. The highest BCUT2D eigenvalue weighted by atomic mass is 16.2. The average Bonchev–Trinajstić information content (AvgIpc) is 3.24. The zero-order chi connectivity index (χ0) is 17.4. The van der Waals surface area contributed by atoms with Gasteiger partial charge < -0.3 is 9.88 Å². The van der Waals surface area contributed by atoms with Gasteiger partial charge in [-0.05, 0) is 31.7 Å². The number of fused-ring (bicyclic) bond motifs is 3. The van der Waals surface area contributed by atoms with Crippen LogP contribution in [0.4, 0.5) is 0 Å². The molecule has 0 bridgehead atoms. The first kappa shape index (κ1) is 15.6. The molecule has 4 heterocycles. The van der Waals surface area contributed by atoms with Crippen LogP contribution in [0.2, 0.25) is 0 Å². The van der Waals surface area contributed by atoms with Crippen molar-refractivity contribution < 1.29 is 4.79 Å². The average molecular weight is 336 g/mol. The van der Waals surface area contributed by atoms with Gasteiger partial charge in [-0.25, -0.2) is 10.2 Å². The number of piperidine rings is 1. The van der Waals surface area contributed by atoms with E-state index < -0.39 is 0 Å². The van der Waals surface area contributed by atoms with Crippen molar-refractivity contribution in [2.24, 2.45) is 5.92 Å². The molecule has 1 atom stereocenters. The number of nitrogens with one attached hydrogen (secondary N) is 1. The van der Waals surface area contributed by atoms with E-state index >= 15 is 0 Å². The molecule has 1 saturated carbocycles. The van der Waals surface area contributed by atoms with Crippen LogP contribution in [-0.2, 0) is 4.79 Å². The van der Waals surface area contributed by atoms with E-state index in [1.54, 1.807) is 0 Å². The molecule has 0 spiro atoms. The van der Waals surface area contributed by atoms with E-state index in [2.05, 4.69) is 37.3 Å². The second-order valence-electron chi connectivity index (χ2n) is 6.75. The van der Waals surface area contributed by atoms with Gasteiger partial charge in [0.1, 0.15) is 5.65 Å². The van der Waals surface area contributed by atoms with Crippen LogP contribution in [0.1, 0.15) is 31.7 Å². The summed E-state index contributed by atoms with van der Waals surface area (Å²) in [6.45, 7) is 5.17. The topological polar surface area (TPSA) is 90.6 Å². The smallest absolute Gasteiger partial charge is 0.225 e. The number of hydrogen-bond donors (Lipinski definition) is 1. The predicted molar refractivity (Wildman–Crippen MR) is 93.6 cm³/mol. The molecule has 1 aliphatic heterocycles. The third-order valence-electron chi connectivity index (χ3n) is 5.12. The number of aromatic amines is 1. The number of nitriles is 1. The molecular weight excluding hydrogens is 316 g/mol. The molecule has 7 heteroatoms. The van der Waals surface area contributed by atoms with Gasteiger partial charge in [0.05, 0.1) is 17.8 Å². The summed E-state index contributed by atoms with van der Waals surface area (Å²) in [6.07, 6.45) is 9.92. The minimum atomic E-state index is 0.254. The maximum Gasteiger partial charge on any atom is 0.225 e. The lowest BCUT2D eigenvalue weighted by Gasteiger charge is -2.33. The van der Waals surface area contributed by atoms with Crippen molar-refractivity contribution in [1.82, 2.24) is 24.6 Å². The number of aromatic nitrogens is 4. The van der Waals surface area contributed by atoms with Gasteiger partial charge in [0, 0.05) is 48.7 Å². The Morgan fingerprint density at radius 1 is 1.28 bits per heavy atom. The lowest BCUT2D eigenvalue weighted by atomic mass is 10.0. The normalized spacial score (nSPS) is 20.4. The van der Waals surface area contributed by atoms with Crippen LogP contribution in [0.15, 0.2) is 24.7 Å². The summed E-state index contributed by atoms with van der Waals surface area (Å²) in [6, 6.07) is 2.31. The maximum absolute atomic E-state index is 12.4. The summed E-state index contributed by atoms with van der Waals surface area (Å²) < 4.78 is 2.11. The highest BCUT2D eigenvalue weighted by Crippen LogP contribution is 2.34. The van der Waals surface area contributed by atoms with Gasteiger partial charge in [-0.1, -0.05) is 0 Å². The summed E-state index contributed by atoms with van der Waals surface area (Å²) in [7, 11) is 0. The summed E-state index contributed by atoms with van der Waals surface area (Å²) in [4.78, 5) is 22.0. The predicted octanol–water partition coefficient (Wildman–Crippen LogP) is 2.63. The first-order valence-corrected chi connectivity index (χ1v) is 8.65. The van der Waals surface area contributed by atoms with Gasteiger partial charge in [0.25, 0.3) is 0 Å². The fourth-order valence-corrected chi connectivity index (χ4v) is 3.76. The quantitative estimate of drug-likeness (QED) is 0.779. The molecule has 1 amide bonds. The first-order chi connectivity index (χ1) is 12.3. The number of carbonyl (C=O) groups excluding carboxylic acids is 1. The number of H-pyrrole nitrogens is 1. The van der Waals surface area contributed by atoms with E-state index in [0.29, 0.717) is 11.8 Å². The molecular formula is C18H20N6O. The van der Waals surface area contributed by atoms with Crippen LogP contribution < -0.4 is 0 Å². The van der Waals surface area contributed by atoms with Crippen LogP contribution in [0.25, 0.3) is 21.9 Å². The Kier molecular flexibility index (Phi) is 3.88. The molecule has 25 heavy (non-hydrogen) atoms. The number of carbonyl (C=O) groups is 1. The maximum atomic E-state index is 12.4. The number of pyridine rings is 1. The van der Waals surface area contributed by atoms with E-state index in [4.69, 9.17) is 5.26 Å². The summed E-state index contributed by atoms with van der Waals surface area (Å²) in [5, 5.41) is 13.3. The summed E-state index contributed by atoms with van der Waals surface area (Å²) in [5.41, 5.74) is 2.02. The third-order valence-corrected chi connectivity index (χ3v) is 5.12. The molecule has 5 rings (SSSR count). The fraction of sp³-hybridized carbons (Fsp3) is 0.444. The molecule has 0 unspecified atom stereocenters. The second-order valence-corrected chi connectivity index (χ2v) is 6.75. The minimum absolute atomic E-state index is 0.254. The van der Waals surface area contributed by atoms with Crippen LogP contribution in [0, 0.1) is 17.8 Å². The van der Waals surface area contributed by atoms with Gasteiger partial charge in [0.2, 0.25) is 5.91 Å². The number of hydrogen-bond acceptors (Lipinski definition) is 4. The van der Waals surface area contributed by atoms with E-state index in [9.17, 15) is 4.79 Å². The Balaban J connectivity index is 0.000000758. The highest BCUT2D eigenvalue weighted by molar-refractivity contribution is 6.02. The van der Waals surface area contributed by atoms with Gasteiger partial charge in [0.15, 0.2) is 0 Å². The van der Waals surface area contributed by atoms with E-state index in [1.165, 1.54) is 0 Å². The van der Waals surface area contributed by atoms with Crippen molar-refractivity contribution in [3.8, 4) is 6.57 Å². The third kappa shape index (κ3) is 2.64. The van der Waals surface area contributed by atoms with E-state index in [-0.39, 0.29) is 6.04 Å². The lowest BCUT2D eigenvalue weighted by Crippen LogP contribution is -2.41. The van der Waals surface area contributed by atoms with Crippen molar-refractivity contribution in [2.45, 2.75) is 31.7 Å². The second kappa shape index (κ2) is 6.20. The SMILES string of the molecule is C#N.O=C(C1CC1)N1CCC[C@@H](n2ncc3cnc4[nH]ccc4c32)C1. The molecule has 2 aliphatic rings. The summed E-state index contributed by atoms with van der Waals surface area (Å²) in [5.74, 6) is 0.642. The number of amides is 1. The molecule has 0 aromatic carbocycles. The van der Waals surface area contributed by atoms with Crippen LogP contribution >= 0.6 is 0 Å². The first-order valence-electron chi connectivity index (χ1n) is 8.65. The Labute approximate surface area is 145 Å². The molecule has 3 aromatic heterocycles. The van der Waals surface area contributed by atoms with E-state index in [1.807, 2.05) is 18.6 Å². The van der Waals surface area contributed by atoms with Gasteiger partial charge in [-0.2, -0.15) is 5.10 Å². The molecule has 3 aromatic rings. The fourth-order valence-electron chi connectivity index (χ4n) is 3.76. The van der Waals surface area contributed by atoms with Crippen molar-refractivity contribution in [2.75, 3.05) is 13.1 Å². The molecule has 1 N–H and O–H groups in total. The zero-order valence-electron chi connectivity index (χ0n) is 13.9. The molecule has 128 valence electrons. The van der Waals surface area contributed by atoms with Crippen molar-refractivity contribution in [1.29, 1.82) is 5.26 Å².